The number of rotatable bonds is 10. The molecule has 0 aliphatic rings. The van der Waals surface area contributed by atoms with Crippen LogP contribution in [0.4, 0.5) is 0 Å². The van der Waals surface area contributed by atoms with Gasteiger partial charge in [0.25, 0.3) is 5.91 Å². The van der Waals surface area contributed by atoms with Crippen LogP contribution in [0.3, 0.4) is 0 Å². The number of hydrogen-bond donors (Lipinski definition) is 2. The molecule has 0 atom stereocenters. The molecule has 2 aromatic carbocycles. The van der Waals surface area contributed by atoms with Crippen LogP contribution in [0.15, 0.2) is 60.7 Å². The zero-order chi connectivity index (χ0) is 18.6. The molecule has 0 spiro atoms. The third kappa shape index (κ3) is 8.57. The third-order valence-corrected chi connectivity index (χ3v) is 3.81. The highest BCUT2D eigenvalue weighted by molar-refractivity contribution is 5.85. The van der Waals surface area contributed by atoms with Gasteiger partial charge in [-0.1, -0.05) is 48.5 Å². The van der Waals surface area contributed by atoms with Gasteiger partial charge in [0.1, 0.15) is 5.75 Å². The Hall–Kier alpha value is -2.57. The van der Waals surface area contributed by atoms with Crippen molar-refractivity contribution in [1.29, 1.82) is 0 Å². The Morgan fingerprint density at radius 2 is 1.59 bits per heavy atom. The molecule has 0 unspecified atom stereocenters. The van der Waals surface area contributed by atoms with E-state index in [-0.39, 0.29) is 37.4 Å². The zero-order valence-electron chi connectivity index (χ0n) is 15.2. The minimum Gasteiger partial charge on any atom is -0.484 e. The lowest BCUT2D eigenvalue weighted by Crippen LogP contribution is -2.44. The topological polar surface area (TPSA) is 84.7 Å². The number of nitrogens with zero attached hydrogens (tertiary/aromatic N) is 1. The second-order valence-electron chi connectivity index (χ2n) is 5.78. The molecule has 6 nitrogen and oxygen atoms in total. The van der Waals surface area contributed by atoms with E-state index in [1.165, 1.54) is 0 Å². The van der Waals surface area contributed by atoms with Crippen molar-refractivity contribution in [2.24, 2.45) is 5.73 Å². The first-order valence-electron chi connectivity index (χ1n) is 8.65. The highest BCUT2D eigenvalue weighted by Gasteiger charge is 2.14. The lowest BCUT2D eigenvalue weighted by atomic mass is 10.1. The minimum atomic E-state index is -0.335. The molecule has 27 heavy (non-hydrogen) atoms. The molecule has 0 fully saturated rings. The number of para-hydroxylation sites is 1. The van der Waals surface area contributed by atoms with Gasteiger partial charge in [0.2, 0.25) is 5.91 Å². The molecule has 2 amide bonds. The quantitative estimate of drug-likeness (QED) is 0.644. The van der Waals surface area contributed by atoms with Crippen LogP contribution in [0.2, 0.25) is 0 Å². The average molecular weight is 392 g/mol. The number of carbonyl (C=O) groups is 2. The van der Waals surface area contributed by atoms with Crippen molar-refractivity contribution in [1.82, 2.24) is 10.2 Å². The molecule has 0 aromatic heterocycles. The van der Waals surface area contributed by atoms with Gasteiger partial charge in [-0.3, -0.25) is 9.59 Å². The largest absolute Gasteiger partial charge is 0.484 e. The van der Waals surface area contributed by atoms with E-state index in [1.807, 2.05) is 48.5 Å². The van der Waals surface area contributed by atoms with Crippen molar-refractivity contribution in [2.45, 2.75) is 6.42 Å². The van der Waals surface area contributed by atoms with E-state index in [4.69, 9.17) is 10.5 Å². The fourth-order valence-corrected chi connectivity index (χ4v) is 2.43. The van der Waals surface area contributed by atoms with Gasteiger partial charge in [0.05, 0.1) is 6.54 Å². The second-order valence-corrected chi connectivity index (χ2v) is 5.78. The molecule has 2 rings (SSSR count). The highest BCUT2D eigenvalue weighted by Crippen LogP contribution is 2.07. The lowest BCUT2D eigenvalue weighted by Gasteiger charge is -2.22. The first kappa shape index (κ1) is 22.5. The summed E-state index contributed by atoms with van der Waals surface area (Å²) in [5.41, 5.74) is 6.76. The molecule has 0 aliphatic carbocycles. The second kappa shape index (κ2) is 12.7. The SMILES string of the molecule is Cl.NCCN(CCc1ccccc1)C(=O)CNC(=O)COc1ccccc1. The van der Waals surface area contributed by atoms with E-state index in [0.29, 0.717) is 25.4 Å². The first-order chi connectivity index (χ1) is 12.7. The smallest absolute Gasteiger partial charge is 0.258 e. The van der Waals surface area contributed by atoms with Gasteiger partial charge in [-0.05, 0) is 24.1 Å². The minimum absolute atomic E-state index is 0. The van der Waals surface area contributed by atoms with Crippen molar-refractivity contribution in [3.8, 4) is 5.75 Å². The van der Waals surface area contributed by atoms with Gasteiger partial charge in [0, 0.05) is 19.6 Å². The number of carbonyl (C=O) groups excluding carboxylic acids is 2. The molecule has 3 N–H and O–H groups in total. The predicted molar refractivity (Wildman–Crippen MR) is 108 cm³/mol. The number of ether oxygens (including phenoxy) is 1. The summed E-state index contributed by atoms with van der Waals surface area (Å²) in [7, 11) is 0. The summed E-state index contributed by atoms with van der Waals surface area (Å²) in [5.74, 6) is 0.124. The van der Waals surface area contributed by atoms with Gasteiger partial charge < -0.3 is 20.7 Å². The Morgan fingerprint density at radius 1 is 0.963 bits per heavy atom. The number of benzene rings is 2. The Balaban J connectivity index is 0.00000364. The van der Waals surface area contributed by atoms with Crippen LogP contribution in [0.5, 0.6) is 5.75 Å². The third-order valence-electron chi connectivity index (χ3n) is 3.81. The van der Waals surface area contributed by atoms with E-state index >= 15 is 0 Å². The van der Waals surface area contributed by atoms with Gasteiger partial charge in [-0.2, -0.15) is 0 Å². The average Bonchev–Trinajstić information content (AvgIpc) is 2.69. The van der Waals surface area contributed by atoms with Gasteiger partial charge in [-0.15, -0.1) is 12.4 Å². The summed E-state index contributed by atoms with van der Waals surface area (Å²) in [4.78, 5) is 25.9. The van der Waals surface area contributed by atoms with E-state index in [0.717, 1.165) is 12.0 Å². The van der Waals surface area contributed by atoms with E-state index in [2.05, 4.69) is 5.32 Å². The summed E-state index contributed by atoms with van der Waals surface area (Å²) in [6.45, 7) is 1.22. The predicted octanol–water partition coefficient (Wildman–Crippen LogP) is 1.63. The van der Waals surface area contributed by atoms with E-state index < -0.39 is 0 Å². The molecule has 0 saturated carbocycles. The van der Waals surface area contributed by atoms with Crippen LogP contribution in [0.25, 0.3) is 0 Å². The summed E-state index contributed by atoms with van der Waals surface area (Å²) in [5, 5.41) is 2.59. The Bertz CT molecular complexity index is 683. The molecule has 2 aromatic rings. The van der Waals surface area contributed by atoms with Gasteiger partial charge >= 0.3 is 0 Å². The normalized spacial score (nSPS) is 9.81. The highest BCUT2D eigenvalue weighted by atomic mass is 35.5. The number of halogens is 1. The molecule has 7 heteroatoms. The summed E-state index contributed by atoms with van der Waals surface area (Å²) in [6.07, 6.45) is 0.748. The Kier molecular flexibility index (Phi) is 10.6. The maximum Gasteiger partial charge on any atom is 0.258 e. The lowest BCUT2D eigenvalue weighted by molar-refractivity contribution is -0.133. The van der Waals surface area contributed by atoms with Crippen molar-refractivity contribution < 1.29 is 14.3 Å². The summed E-state index contributed by atoms with van der Waals surface area (Å²) < 4.78 is 5.36. The van der Waals surface area contributed by atoms with Crippen molar-refractivity contribution in [3.05, 3.63) is 66.2 Å². The van der Waals surface area contributed by atoms with E-state index in [1.54, 1.807) is 17.0 Å². The van der Waals surface area contributed by atoms with Gasteiger partial charge in [0.15, 0.2) is 6.61 Å². The standard InChI is InChI=1S/C20H25N3O3.ClH/c21-12-14-23(13-11-17-7-3-1-4-8-17)20(25)15-22-19(24)16-26-18-9-5-2-6-10-18;/h1-10H,11-16,21H2,(H,22,24);1H. The first-order valence-corrected chi connectivity index (χ1v) is 8.65. The van der Waals surface area contributed by atoms with Crippen LogP contribution in [0, 0.1) is 0 Å². The molecule has 0 saturated heterocycles. The molecule has 0 radical (unpaired) electrons. The van der Waals surface area contributed by atoms with Crippen LogP contribution < -0.4 is 15.8 Å². The molecule has 0 bridgehead atoms. The molecule has 0 aliphatic heterocycles. The molecule has 146 valence electrons. The Morgan fingerprint density at radius 3 is 2.22 bits per heavy atom. The number of hydrogen-bond acceptors (Lipinski definition) is 4. The summed E-state index contributed by atoms with van der Waals surface area (Å²) in [6, 6.07) is 19.0. The van der Waals surface area contributed by atoms with Gasteiger partial charge in [-0.25, -0.2) is 0 Å². The van der Waals surface area contributed by atoms with Crippen LogP contribution in [-0.4, -0.2) is 49.5 Å². The molecule has 0 heterocycles. The van der Waals surface area contributed by atoms with Crippen molar-refractivity contribution in [2.75, 3.05) is 32.8 Å². The van der Waals surface area contributed by atoms with Crippen molar-refractivity contribution in [3.63, 3.8) is 0 Å². The van der Waals surface area contributed by atoms with Crippen LogP contribution in [-0.2, 0) is 16.0 Å². The molecular weight excluding hydrogens is 366 g/mol. The monoisotopic (exact) mass is 391 g/mol. The fourth-order valence-electron chi connectivity index (χ4n) is 2.43. The van der Waals surface area contributed by atoms with E-state index in [9.17, 15) is 9.59 Å². The maximum atomic E-state index is 12.3. The van der Waals surface area contributed by atoms with Crippen LogP contribution in [0.1, 0.15) is 5.56 Å². The van der Waals surface area contributed by atoms with Crippen molar-refractivity contribution >= 4 is 24.2 Å². The van der Waals surface area contributed by atoms with Crippen LogP contribution >= 0.6 is 12.4 Å². The zero-order valence-corrected chi connectivity index (χ0v) is 16.0. The number of amides is 2. The summed E-state index contributed by atoms with van der Waals surface area (Å²) >= 11 is 0. The maximum absolute atomic E-state index is 12.3. The Labute approximate surface area is 166 Å². The number of nitrogens with two attached hydrogens (primary N) is 1. The number of nitrogens with one attached hydrogen (secondary N) is 1. The molecular formula is C20H26ClN3O3. The fraction of sp³-hybridized carbons (Fsp3) is 0.300.